The van der Waals surface area contributed by atoms with Crippen molar-refractivity contribution in [3.8, 4) is 5.75 Å². The normalized spacial score (nSPS) is 11.1. The van der Waals surface area contributed by atoms with Gasteiger partial charge in [-0.3, -0.25) is 9.69 Å². The molecule has 4 heteroatoms. The van der Waals surface area contributed by atoms with Crippen LogP contribution in [0.25, 0.3) is 0 Å². The molecule has 0 aliphatic heterocycles. The van der Waals surface area contributed by atoms with Crippen LogP contribution < -0.4 is 4.74 Å². The van der Waals surface area contributed by atoms with Gasteiger partial charge < -0.3 is 4.74 Å². The predicted molar refractivity (Wildman–Crippen MR) is 74.2 cm³/mol. The van der Waals surface area contributed by atoms with Crippen molar-refractivity contribution in [2.24, 2.45) is 5.92 Å². The molecule has 0 heterocycles. The molecule has 0 atom stereocenters. The highest BCUT2D eigenvalue weighted by molar-refractivity contribution is 6.00. The fraction of sp³-hybridized carbons (Fsp3) is 0.533. The maximum absolute atomic E-state index is 13.3. The van der Waals surface area contributed by atoms with Gasteiger partial charge in [0, 0.05) is 6.54 Å². The summed E-state index contributed by atoms with van der Waals surface area (Å²) >= 11 is 0. The Labute approximate surface area is 114 Å². The van der Waals surface area contributed by atoms with Crippen LogP contribution >= 0.6 is 0 Å². The Hall–Kier alpha value is -1.42. The van der Waals surface area contributed by atoms with Crippen LogP contribution in [0.15, 0.2) is 18.2 Å². The summed E-state index contributed by atoms with van der Waals surface area (Å²) < 4.78 is 18.4. The van der Waals surface area contributed by atoms with Gasteiger partial charge in [-0.15, -0.1) is 0 Å². The Morgan fingerprint density at radius 3 is 2.63 bits per heavy atom. The lowest BCUT2D eigenvalue weighted by atomic mass is 10.1. The highest BCUT2D eigenvalue weighted by atomic mass is 19.1. The molecule has 0 radical (unpaired) electrons. The Kier molecular flexibility index (Phi) is 5.96. The van der Waals surface area contributed by atoms with Gasteiger partial charge in [-0.05, 0) is 30.7 Å². The van der Waals surface area contributed by atoms with Gasteiger partial charge in [-0.2, -0.15) is 0 Å². The maximum Gasteiger partial charge on any atom is 0.180 e. The molecule has 1 rings (SSSR count). The lowest BCUT2D eigenvalue weighted by molar-refractivity contribution is 0.0923. The van der Waals surface area contributed by atoms with Crippen LogP contribution in [0.5, 0.6) is 5.75 Å². The SMILES string of the molecule is CCN(CC(=O)c1cc(F)ccc1OC)CC(C)C. The number of ketones is 1. The average Bonchev–Trinajstić information content (AvgIpc) is 2.37. The van der Waals surface area contributed by atoms with E-state index in [0.29, 0.717) is 17.2 Å². The van der Waals surface area contributed by atoms with Crippen molar-refractivity contribution in [1.29, 1.82) is 0 Å². The van der Waals surface area contributed by atoms with E-state index in [9.17, 15) is 9.18 Å². The van der Waals surface area contributed by atoms with Crippen molar-refractivity contribution in [1.82, 2.24) is 4.90 Å². The van der Waals surface area contributed by atoms with Crippen LogP contribution in [0, 0.1) is 11.7 Å². The Balaban J connectivity index is 2.84. The van der Waals surface area contributed by atoms with Crippen LogP contribution in [-0.4, -0.2) is 37.4 Å². The molecule has 0 aromatic heterocycles. The minimum absolute atomic E-state index is 0.112. The number of benzene rings is 1. The van der Waals surface area contributed by atoms with Crippen LogP contribution in [0.1, 0.15) is 31.1 Å². The number of Topliss-reactive ketones (excluding diaryl/α,β-unsaturated/α-hetero) is 1. The second-order valence-electron chi connectivity index (χ2n) is 4.99. The molecule has 0 bridgehead atoms. The zero-order valence-corrected chi connectivity index (χ0v) is 12.1. The number of rotatable bonds is 7. The molecule has 0 unspecified atom stereocenters. The molecule has 106 valence electrons. The zero-order valence-electron chi connectivity index (χ0n) is 12.1. The van der Waals surface area contributed by atoms with E-state index in [1.165, 1.54) is 25.3 Å². The molecule has 0 saturated carbocycles. The topological polar surface area (TPSA) is 29.5 Å². The summed E-state index contributed by atoms with van der Waals surface area (Å²) in [6.07, 6.45) is 0. The second kappa shape index (κ2) is 7.24. The molecular weight excluding hydrogens is 245 g/mol. The lowest BCUT2D eigenvalue weighted by Crippen LogP contribution is -2.33. The van der Waals surface area contributed by atoms with E-state index in [0.717, 1.165) is 13.1 Å². The highest BCUT2D eigenvalue weighted by Crippen LogP contribution is 2.20. The van der Waals surface area contributed by atoms with Gasteiger partial charge in [0.15, 0.2) is 5.78 Å². The second-order valence-corrected chi connectivity index (χ2v) is 4.99. The van der Waals surface area contributed by atoms with Gasteiger partial charge in [0.25, 0.3) is 0 Å². The van der Waals surface area contributed by atoms with Crippen molar-refractivity contribution in [3.05, 3.63) is 29.6 Å². The molecule has 0 amide bonds. The fourth-order valence-corrected chi connectivity index (χ4v) is 2.01. The van der Waals surface area contributed by atoms with E-state index < -0.39 is 5.82 Å². The Morgan fingerprint density at radius 2 is 2.11 bits per heavy atom. The third-order valence-corrected chi connectivity index (χ3v) is 2.90. The number of carbonyl (C=O) groups excluding carboxylic acids is 1. The van der Waals surface area contributed by atoms with Gasteiger partial charge in [0.1, 0.15) is 11.6 Å². The smallest absolute Gasteiger partial charge is 0.180 e. The van der Waals surface area contributed by atoms with Gasteiger partial charge in [0.05, 0.1) is 19.2 Å². The van der Waals surface area contributed by atoms with Crippen LogP contribution in [-0.2, 0) is 0 Å². The number of nitrogens with zero attached hydrogens (tertiary/aromatic N) is 1. The van der Waals surface area contributed by atoms with E-state index in [4.69, 9.17) is 4.74 Å². The van der Waals surface area contributed by atoms with Crippen LogP contribution in [0.2, 0.25) is 0 Å². The number of hydrogen-bond donors (Lipinski definition) is 0. The van der Waals surface area contributed by atoms with E-state index in [1.807, 2.05) is 6.92 Å². The molecule has 1 aromatic rings. The molecule has 3 nitrogen and oxygen atoms in total. The molecule has 0 saturated heterocycles. The quantitative estimate of drug-likeness (QED) is 0.711. The van der Waals surface area contributed by atoms with Crippen molar-refractivity contribution in [2.75, 3.05) is 26.7 Å². The first-order chi connectivity index (χ1) is 8.97. The molecular formula is C15H22FNO2. The molecule has 1 aromatic carbocycles. The van der Waals surface area contributed by atoms with Crippen molar-refractivity contribution < 1.29 is 13.9 Å². The van der Waals surface area contributed by atoms with Gasteiger partial charge >= 0.3 is 0 Å². The first kappa shape index (κ1) is 15.6. The van der Waals surface area contributed by atoms with Crippen molar-refractivity contribution in [3.63, 3.8) is 0 Å². The Morgan fingerprint density at radius 1 is 1.42 bits per heavy atom. The van der Waals surface area contributed by atoms with Gasteiger partial charge in [-0.25, -0.2) is 4.39 Å². The number of methoxy groups -OCH3 is 1. The van der Waals surface area contributed by atoms with Gasteiger partial charge in [0.2, 0.25) is 0 Å². The number of hydrogen-bond acceptors (Lipinski definition) is 3. The summed E-state index contributed by atoms with van der Waals surface area (Å²) in [6, 6.07) is 4.02. The zero-order chi connectivity index (χ0) is 14.4. The number of halogens is 1. The largest absolute Gasteiger partial charge is 0.496 e. The minimum Gasteiger partial charge on any atom is -0.496 e. The van der Waals surface area contributed by atoms with E-state index in [-0.39, 0.29) is 12.3 Å². The maximum atomic E-state index is 13.3. The monoisotopic (exact) mass is 267 g/mol. The van der Waals surface area contributed by atoms with E-state index >= 15 is 0 Å². The standard InChI is InChI=1S/C15H22FNO2/c1-5-17(9-11(2)3)10-14(18)13-8-12(16)6-7-15(13)19-4/h6-8,11H,5,9-10H2,1-4H3. The lowest BCUT2D eigenvalue weighted by Gasteiger charge is -2.22. The fourth-order valence-electron chi connectivity index (χ4n) is 2.01. The number of ether oxygens (including phenoxy) is 1. The van der Waals surface area contributed by atoms with Crippen molar-refractivity contribution >= 4 is 5.78 Å². The summed E-state index contributed by atoms with van der Waals surface area (Å²) in [5.41, 5.74) is 0.310. The van der Waals surface area contributed by atoms with Crippen LogP contribution in [0.4, 0.5) is 4.39 Å². The minimum atomic E-state index is -0.420. The first-order valence-corrected chi connectivity index (χ1v) is 6.57. The van der Waals surface area contributed by atoms with Crippen molar-refractivity contribution in [2.45, 2.75) is 20.8 Å². The third-order valence-electron chi connectivity index (χ3n) is 2.90. The summed E-state index contributed by atoms with van der Waals surface area (Å²) in [5, 5.41) is 0. The summed E-state index contributed by atoms with van der Waals surface area (Å²) in [7, 11) is 1.48. The molecule has 0 N–H and O–H groups in total. The first-order valence-electron chi connectivity index (χ1n) is 6.57. The summed E-state index contributed by atoms with van der Waals surface area (Å²) in [4.78, 5) is 14.3. The Bertz CT molecular complexity index is 432. The molecule has 0 aliphatic rings. The van der Waals surface area contributed by atoms with E-state index in [1.54, 1.807) is 0 Å². The molecule has 0 fully saturated rings. The van der Waals surface area contributed by atoms with Gasteiger partial charge in [-0.1, -0.05) is 20.8 Å². The molecule has 0 aliphatic carbocycles. The highest BCUT2D eigenvalue weighted by Gasteiger charge is 2.17. The summed E-state index contributed by atoms with van der Waals surface area (Å²) in [6.45, 7) is 8.15. The molecule has 0 spiro atoms. The van der Waals surface area contributed by atoms with Crippen LogP contribution in [0.3, 0.4) is 0 Å². The van der Waals surface area contributed by atoms with E-state index in [2.05, 4.69) is 18.7 Å². The number of likely N-dealkylation sites (N-methyl/N-ethyl adjacent to an activating group) is 1. The molecule has 19 heavy (non-hydrogen) atoms. The average molecular weight is 267 g/mol. The summed E-state index contributed by atoms with van der Waals surface area (Å²) in [5.74, 6) is 0.379. The number of carbonyl (C=O) groups is 1. The predicted octanol–water partition coefficient (Wildman–Crippen LogP) is 2.99. The third kappa shape index (κ3) is 4.63.